The Kier molecular flexibility index (Phi) is 2.02. The summed E-state index contributed by atoms with van der Waals surface area (Å²) in [6.45, 7) is 2.88. The molecule has 0 spiro atoms. The molecule has 0 radical (unpaired) electrons. The minimum absolute atomic E-state index is 0.111. The molecule has 1 amide bonds. The van der Waals surface area contributed by atoms with Crippen LogP contribution in [0.5, 0.6) is 0 Å². The van der Waals surface area contributed by atoms with Gasteiger partial charge in [-0.05, 0) is 18.4 Å². The highest BCUT2D eigenvalue weighted by Gasteiger charge is 2.40. The van der Waals surface area contributed by atoms with E-state index in [2.05, 4.69) is 5.32 Å². The summed E-state index contributed by atoms with van der Waals surface area (Å²) in [5.74, 6) is 0.765. The van der Waals surface area contributed by atoms with Gasteiger partial charge in [-0.15, -0.1) is 0 Å². The van der Waals surface area contributed by atoms with Gasteiger partial charge in [-0.25, -0.2) is 0 Å². The van der Waals surface area contributed by atoms with Crippen LogP contribution in [-0.4, -0.2) is 36.5 Å². The Balaban J connectivity index is 1.80. The standard InChI is InChI=1S/C11H14N2O2/c14-11(9-2-4-15-7-9)13-3-1-8-5-12-6-10(8)13/h2,4,7-8,10,12H,1,3,5-6H2/t8-,10+/m0/s1. The van der Waals surface area contributed by atoms with Crippen LogP contribution >= 0.6 is 0 Å². The predicted octanol–water partition coefficient (Wildman–Crippen LogP) is 0.713. The summed E-state index contributed by atoms with van der Waals surface area (Å²) in [5, 5.41) is 3.34. The fourth-order valence-electron chi connectivity index (χ4n) is 2.65. The van der Waals surface area contributed by atoms with Gasteiger partial charge in [0.15, 0.2) is 0 Å². The first-order chi connectivity index (χ1) is 7.36. The highest BCUT2D eigenvalue weighted by molar-refractivity contribution is 5.94. The van der Waals surface area contributed by atoms with E-state index in [1.807, 2.05) is 4.90 Å². The van der Waals surface area contributed by atoms with Crippen LogP contribution in [0.4, 0.5) is 0 Å². The van der Waals surface area contributed by atoms with Crippen LogP contribution in [0.15, 0.2) is 23.0 Å². The average Bonchev–Trinajstić information content (AvgIpc) is 2.94. The van der Waals surface area contributed by atoms with Gasteiger partial charge < -0.3 is 14.6 Å². The van der Waals surface area contributed by atoms with Crippen LogP contribution in [0, 0.1) is 5.92 Å². The molecule has 3 heterocycles. The van der Waals surface area contributed by atoms with E-state index in [-0.39, 0.29) is 5.91 Å². The van der Waals surface area contributed by atoms with Gasteiger partial charge in [0.05, 0.1) is 11.8 Å². The average molecular weight is 206 g/mol. The summed E-state index contributed by atoms with van der Waals surface area (Å²) in [6.07, 6.45) is 4.20. The molecule has 2 aliphatic rings. The third-order valence-electron chi connectivity index (χ3n) is 3.47. The molecule has 0 saturated carbocycles. The van der Waals surface area contributed by atoms with E-state index in [0.717, 1.165) is 26.1 Å². The van der Waals surface area contributed by atoms with Gasteiger partial charge in [-0.3, -0.25) is 4.79 Å². The van der Waals surface area contributed by atoms with Gasteiger partial charge in [0.25, 0.3) is 5.91 Å². The fourth-order valence-corrected chi connectivity index (χ4v) is 2.65. The maximum atomic E-state index is 12.1. The molecule has 0 aromatic carbocycles. The molecule has 0 unspecified atom stereocenters. The Morgan fingerprint density at radius 1 is 1.53 bits per heavy atom. The molecule has 2 aliphatic heterocycles. The van der Waals surface area contributed by atoms with Crippen molar-refractivity contribution in [3.05, 3.63) is 24.2 Å². The molecule has 4 heteroatoms. The first-order valence-corrected chi connectivity index (χ1v) is 5.40. The van der Waals surface area contributed by atoms with E-state index in [0.29, 0.717) is 17.5 Å². The molecule has 0 aliphatic carbocycles. The van der Waals surface area contributed by atoms with Crippen LogP contribution < -0.4 is 5.32 Å². The molecule has 2 saturated heterocycles. The zero-order valence-electron chi connectivity index (χ0n) is 8.48. The Bertz CT molecular complexity index is 361. The molecule has 3 rings (SSSR count). The van der Waals surface area contributed by atoms with E-state index >= 15 is 0 Å². The van der Waals surface area contributed by atoms with Crippen LogP contribution in [0.1, 0.15) is 16.8 Å². The third kappa shape index (κ3) is 1.36. The van der Waals surface area contributed by atoms with E-state index in [9.17, 15) is 4.79 Å². The number of nitrogens with one attached hydrogen (secondary N) is 1. The van der Waals surface area contributed by atoms with Gasteiger partial charge in [0, 0.05) is 25.7 Å². The second kappa shape index (κ2) is 3.38. The normalized spacial score (nSPS) is 29.5. The van der Waals surface area contributed by atoms with Gasteiger partial charge in [-0.2, -0.15) is 0 Å². The third-order valence-corrected chi connectivity index (χ3v) is 3.47. The minimum atomic E-state index is 0.111. The summed E-state index contributed by atoms with van der Waals surface area (Å²) >= 11 is 0. The van der Waals surface area contributed by atoms with Crippen LogP contribution in [0.3, 0.4) is 0 Å². The number of hydrogen-bond donors (Lipinski definition) is 1. The van der Waals surface area contributed by atoms with E-state index in [1.165, 1.54) is 6.26 Å². The number of likely N-dealkylation sites (tertiary alicyclic amines) is 1. The number of hydrogen-bond acceptors (Lipinski definition) is 3. The van der Waals surface area contributed by atoms with Crippen molar-refractivity contribution in [3.63, 3.8) is 0 Å². The fraction of sp³-hybridized carbons (Fsp3) is 0.545. The number of amides is 1. The van der Waals surface area contributed by atoms with Crippen molar-refractivity contribution in [1.82, 2.24) is 10.2 Å². The molecule has 15 heavy (non-hydrogen) atoms. The predicted molar refractivity (Wildman–Crippen MR) is 54.5 cm³/mol. The van der Waals surface area contributed by atoms with Crippen molar-refractivity contribution >= 4 is 5.91 Å². The Labute approximate surface area is 88.2 Å². The number of carbonyl (C=O) groups excluding carboxylic acids is 1. The zero-order chi connectivity index (χ0) is 10.3. The maximum absolute atomic E-state index is 12.1. The quantitative estimate of drug-likeness (QED) is 0.736. The van der Waals surface area contributed by atoms with Crippen LogP contribution in [0.25, 0.3) is 0 Å². The largest absolute Gasteiger partial charge is 0.472 e. The number of nitrogens with zero attached hydrogens (tertiary/aromatic N) is 1. The van der Waals surface area contributed by atoms with E-state index in [1.54, 1.807) is 12.3 Å². The molecule has 2 atom stereocenters. The van der Waals surface area contributed by atoms with Crippen molar-refractivity contribution < 1.29 is 9.21 Å². The second-order valence-electron chi connectivity index (χ2n) is 4.28. The molecular weight excluding hydrogens is 192 g/mol. The van der Waals surface area contributed by atoms with Crippen molar-refractivity contribution in [3.8, 4) is 0 Å². The molecular formula is C11H14N2O2. The Hall–Kier alpha value is -1.29. The molecule has 1 aromatic heterocycles. The summed E-state index contributed by atoms with van der Waals surface area (Å²) in [4.78, 5) is 14.1. The summed E-state index contributed by atoms with van der Waals surface area (Å²) in [7, 11) is 0. The number of furan rings is 1. The van der Waals surface area contributed by atoms with Crippen molar-refractivity contribution in [2.45, 2.75) is 12.5 Å². The lowest BCUT2D eigenvalue weighted by Crippen LogP contribution is -2.38. The second-order valence-corrected chi connectivity index (χ2v) is 4.28. The van der Waals surface area contributed by atoms with Crippen molar-refractivity contribution in [2.75, 3.05) is 19.6 Å². The first-order valence-electron chi connectivity index (χ1n) is 5.40. The van der Waals surface area contributed by atoms with E-state index in [4.69, 9.17) is 4.42 Å². The van der Waals surface area contributed by atoms with Gasteiger partial charge in [0.2, 0.25) is 0 Å². The summed E-state index contributed by atoms with van der Waals surface area (Å²) in [5.41, 5.74) is 0.669. The SMILES string of the molecule is O=C(c1ccoc1)N1CC[C@H]2CNC[C@H]21. The van der Waals surface area contributed by atoms with Crippen molar-refractivity contribution in [2.24, 2.45) is 5.92 Å². The monoisotopic (exact) mass is 206 g/mol. The first kappa shape index (κ1) is 8.97. The van der Waals surface area contributed by atoms with Crippen LogP contribution in [-0.2, 0) is 0 Å². The number of fused-ring (bicyclic) bond motifs is 1. The van der Waals surface area contributed by atoms with Crippen molar-refractivity contribution in [1.29, 1.82) is 0 Å². The number of rotatable bonds is 1. The summed E-state index contributed by atoms with van der Waals surface area (Å²) < 4.78 is 4.94. The van der Waals surface area contributed by atoms with E-state index < -0.39 is 0 Å². The summed E-state index contributed by atoms with van der Waals surface area (Å²) in [6, 6.07) is 2.13. The number of carbonyl (C=O) groups is 1. The van der Waals surface area contributed by atoms with Crippen LogP contribution in [0.2, 0.25) is 0 Å². The smallest absolute Gasteiger partial charge is 0.257 e. The Morgan fingerprint density at radius 2 is 2.47 bits per heavy atom. The van der Waals surface area contributed by atoms with Gasteiger partial charge in [-0.1, -0.05) is 0 Å². The molecule has 1 N–H and O–H groups in total. The topological polar surface area (TPSA) is 45.5 Å². The molecule has 4 nitrogen and oxygen atoms in total. The molecule has 0 bridgehead atoms. The van der Waals surface area contributed by atoms with Gasteiger partial charge in [0.1, 0.15) is 6.26 Å². The molecule has 80 valence electrons. The Morgan fingerprint density at radius 3 is 3.27 bits per heavy atom. The lowest BCUT2D eigenvalue weighted by molar-refractivity contribution is 0.0736. The molecule has 1 aromatic rings. The minimum Gasteiger partial charge on any atom is -0.472 e. The lowest BCUT2D eigenvalue weighted by Gasteiger charge is -2.22. The highest BCUT2D eigenvalue weighted by atomic mass is 16.3. The lowest BCUT2D eigenvalue weighted by atomic mass is 10.1. The zero-order valence-corrected chi connectivity index (χ0v) is 8.48. The van der Waals surface area contributed by atoms with Gasteiger partial charge >= 0.3 is 0 Å². The molecule has 2 fully saturated rings. The highest BCUT2D eigenvalue weighted by Crippen LogP contribution is 2.28. The maximum Gasteiger partial charge on any atom is 0.257 e.